The molecule has 0 bridgehead atoms. The molecule has 4 amide bonds. The van der Waals surface area contributed by atoms with Crippen LogP contribution in [-0.4, -0.2) is 184 Å². The van der Waals surface area contributed by atoms with Gasteiger partial charge in [-0.15, -0.1) is 0 Å². The molecule has 0 aliphatic carbocycles. The van der Waals surface area contributed by atoms with Gasteiger partial charge in [0.05, 0.1) is 88.4 Å². The zero-order valence-electron chi connectivity index (χ0n) is 74.0. The molecule has 16 rings (SSSR count). The average molecular weight is 1850 g/mol. The third-order valence-electron chi connectivity index (χ3n) is 21.0. The van der Waals surface area contributed by atoms with Crippen LogP contribution < -0.4 is 62.5 Å². The number of nitrogens with zero attached hydrogens (tertiary/aromatic N) is 17. The molecule has 0 spiro atoms. The molecule has 33 nitrogen and oxygen atoms in total. The van der Waals surface area contributed by atoms with Crippen LogP contribution in [0.15, 0.2) is 233 Å². The van der Waals surface area contributed by atoms with Crippen LogP contribution in [0.1, 0.15) is 115 Å². The van der Waals surface area contributed by atoms with Crippen molar-refractivity contribution >= 4 is 150 Å². The lowest BCUT2D eigenvalue weighted by atomic mass is 9.96. The molecule has 38 heteroatoms. The molecule has 4 atom stereocenters. The zero-order valence-corrected chi connectivity index (χ0v) is 78.0. The van der Waals surface area contributed by atoms with Gasteiger partial charge >= 0.3 is 6.01 Å². The second kappa shape index (κ2) is 48.4. The van der Waals surface area contributed by atoms with Crippen LogP contribution in [0.3, 0.4) is 0 Å². The van der Waals surface area contributed by atoms with Crippen molar-refractivity contribution in [2.75, 3.05) is 103 Å². The number of fused-ring (bicyclic) bond motifs is 4. The predicted molar refractivity (Wildman–Crippen MR) is 533 cm³/mol. The maximum Gasteiger partial charge on any atom is 0.316 e. The van der Waals surface area contributed by atoms with Crippen LogP contribution in [-0.2, 0) is 0 Å². The summed E-state index contributed by atoms with van der Waals surface area (Å²) >= 11 is 0. The summed E-state index contributed by atoms with van der Waals surface area (Å²) in [6.07, 6.45) is 20.8. The Morgan fingerprint density at radius 1 is 0.333 bits per heavy atom. The number of nitrogens with two attached hydrogens (primary N) is 1. The van der Waals surface area contributed by atoms with Crippen molar-refractivity contribution in [2.24, 2.45) is 0 Å². The van der Waals surface area contributed by atoms with Gasteiger partial charge in [0.2, 0.25) is 5.95 Å². The number of anilines is 5. The van der Waals surface area contributed by atoms with E-state index in [-0.39, 0.29) is 101 Å². The number of para-hydroxylation sites is 4. The first-order valence-electron chi connectivity index (χ1n) is 40.7. The summed E-state index contributed by atoms with van der Waals surface area (Å²) in [5.41, 5.74) is 21.5. The van der Waals surface area contributed by atoms with Gasteiger partial charge in [-0.3, -0.25) is 39.1 Å². The SMILES string of the molecule is CNC(=O)c1ccnc2c([C@H](C)CNc3cc(-c4ccc(F)nc4)ncn3)cccc12.CNC(=O)c1ccnc2c([C@H](C)CNc3cc(-c4ccc(N)nc4)ncn3)cccc12.CNC(=O)c1ccnc2c([C@H](C)CNc3cc(-c4cnc(OC)c(OC)c4)ncn3)cccc12.CNC(=O)c1ccnc2c([C@H](C)CNc3cc(-c4cnc(OC)nc4)ncn3)cccc12.S.S.S.S. The fourth-order valence-corrected chi connectivity index (χ4v) is 14.1. The van der Waals surface area contributed by atoms with Crippen LogP contribution >= 0.6 is 54.0 Å². The number of nitrogen functional groups attached to an aromatic ring is 1. The highest BCUT2D eigenvalue weighted by atomic mass is 32.1. The number of carbonyl (C=O) groups excluding carboxylic acids is 4. The van der Waals surface area contributed by atoms with E-state index in [0.717, 1.165) is 88.2 Å². The lowest BCUT2D eigenvalue weighted by Gasteiger charge is -2.16. The smallest absolute Gasteiger partial charge is 0.316 e. The number of methoxy groups -OCH3 is 3. The third kappa shape index (κ3) is 24.7. The number of benzene rings is 4. The minimum absolute atomic E-state index is 0. The van der Waals surface area contributed by atoms with Crippen LogP contribution in [0.25, 0.3) is 88.6 Å². The first-order chi connectivity index (χ1) is 62.3. The minimum atomic E-state index is -0.534. The third-order valence-corrected chi connectivity index (χ3v) is 21.0. The Labute approximate surface area is 789 Å². The fourth-order valence-electron chi connectivity index (χ4n) is 14.1. The van der Waals surface area contributed by atoms with E-state index in [2.05, 4.69) is 155 Å². The Morgan fingerprint density at radius 2 is 0.644 bits per heavy atom. The van der Waals surface area contributed by atoms with E-state index in [1.54, 1.807) is 134 Å². The van der Waals surface area contributed by atoms with Crippen molar-refractivity contribution in [3.05, 3.63) is 283 Å². The summed E-state index contributed by atoms with van der Waals surface area (Å²) in [4.78, 5) is 122. The molecule has 0 aliphatic heterocycles. The van der Waals surface area contributed by atoms with E-state index >= 15 is 0 Å². The molecule has 0 saturated heterocycles. The van der Waals surface area contributed by atoms with Crippen LogP contribution in [0.4, 0.5) is 33.5 Å². The fraction of sp³-hybridized carbons (Fsp3) is 0.202. The molecule has 10 N–H and O–H groups in total. The van der Waals surface area contributed by atoms with Gasteiger partial charge in [0.1, 0.15) is 54.4 Å². The summed E-state index contributed by atoms with van der Waals surface area (Å²) in [5, 5.41) is 27.5. The summed E-state index contributed by atoms with van der Waals surface area (Å²) < 4.78 is 28.6. The van der Waals surface area contributed by atoms with E-state index in [1.807, 2.05) is 103 Å². The molecule has 12 heterocycles. The number of rotatable bonds is 27. The number of aromatic nitrogens is 17. The highest BCUT2D eigenvalue weighted by molar-refractivity contribution is 7.59. The normalized spacial score (nSPS) is 11.4. The number of halogens is 1. The molecular formula is C94H101FN26O7S4. The molecule has 0 unspecified atom stereocenters. The molecule has 12 aromatic heterocycles. The standard InChI is InChI=1S/C25H26N6O3.C23H21FN6O.C23H23N7O2.C23H23N7O.4H2S/c1-15(17-6-5-7-18-19(24(32)26-2)8-9-27-23(17)18)12-28-22-11-20(30-14-31-22)16-10-21(33-3)25(34-4)29-13-16;1-14(16-4-3-5-17-18(23(31)25-2)8-9-26-22(16)17)11-28-21-10-19(29-13-30-21)15-6-7-20(24)27-12-15;1-14(16-5-4-6-17-18(22(31)24-2)7-8-25-21(16)17)10-26-20-9-19(29-13-30-20)15-11-27-23(32-3)28-12-15;1-14(16-4-3-5-17-18(23(31)25-2)8-9-26-22(16)17)11-28-21-10-19(29-13-30-21)15-6-7-20(24)27-12-15;;;;/h5-11,13-15H,12H2,1-4H3,(H,26,32)(H,28,30,31);3-10,12-14H,11H2,1-2H3,(H,25,31)(H,28,29,30);4-9,11-14H,10H2,1-3H3,(H,24,31)(H,26,29,30);3-10,12-14H,11H2,1-2H3,(H2,24,27)(H,25,31)(H,28,29,30);4*1H2/t15-;3*14-;;;;/m1111..../s1. The number of hydrogen-bond donors (Lipinski definition) is 9. The summed E-state index contributed by atoms with van der Waals surface area (Å²) in [7, 11) is 11.1. The number of carbonyl (C=O) groups is 4. The van der Waals surface area contributed by atoms with Gasteiger partial charge in [0.15, 0.2) is 5.75 Å². The number of amides is 4. The van der Waals surface area contributed by atoms with Crippen molar-refractivity contribution in [3.8, 4) is 62.7 Å². The Bertz CT molecular complexity index is 6440. The molecule has 16 aromatic rings. The lowest BCUT2D eigenvalue weighted by Crippen LogP contribution is -2.18. The van der Waals surface area contributed by atoms with Crippen molar-refractivity contribution in [3.63, 3.8) is 0 Å². The largest absolute Gasteiger partial charge is 0.491 e. The van der Waals surface area contributed by atoms with Crippen LogP contribution in [0, 0.1) is 5.95 Å². The molecule has 0 saturated carbocycles. The molecule has 0 radical (unpaired) electrons. The Balaban J connectivity index is 0.000000196. The molecule has 0 fully saturated rings. The van der Waals surface area contributed by atoms with Crippen LogP contribution in [0.2, 0.25) is 0 Å². The second-order valence-electron chi connectivity index (χ2n) is 29.2. The first kappa shape index (κ1) is 101. The van der Waals surface area contributed by atoms with Crippen molar-refractivity contribution in [2.45, 2.75) is 51.4 Å². The molecule has 0 aliphatic rings. The van der Waals surface area contributed by atoms with Gasteiger partial charge in [0.25, 0.3) is 29.5 Å². The average Bonchev–Trinajstić information content (AvgIpc) is 0.796. The van der Waals surface area contributed by atoms with Crippen molar-refractivity contribution < 1.29 is 37.8 Å². The van der Waals surface area contributed by atoms with E-state index in [0.29, 0.717) is 118 Å². The van der Waals surface area contributed by atoms with Gasteiger partial charge in [-0.2, -0.15) is 58.4 Å². The lowest BCUT2D eigenvalue weighted by molar-refractivity contribution is 0.0956. The second-order valence-corrected chi connectivity index (χ2v) is 29.2. The number of ether oxygens (including phenoxy) is 3. The maximum absolute atomic E-state index is 13.1. The highest BCUT2D eigenvalue weighted by Gasteiger charge is 2.22. The molecule has 4 aromatic carbocycles. The Morgan fingerprint density at radius 3 is 0.939 bits per heavy atom. The van der Waals surface area contributed by atoms with E-state index in [1.165, 1.54) is 44.7 Å². The van der Waals surface area contributed by atoms with Gasteiger partial charge < -0.3 is 62.5 Å². The van der Waals surface area contributed by atoms with Crippen LogP contribution in [0.5, 0.6) is 17.6 Å². The Hall–Kier alpha value is -15.0. The monoisotopic (exact) mass is 1850 g/mol. The first-order valence-corrected chi connectivity index (χ1v) is 40.7. The molecule has 132 heavy (non-hydrogen) atoms. The number of nitrogens with one attached hydrogen (secondary N) is 8. The topological polar surface area (TPSA) is 437 Å². The van der Waals surface area contributed by atoms with Crippen molar-refractivity contribution in [1.29, 1.82) is 0 Å². The van der Waals surface area contributed by atoms with E-state index < -0.39 is 5.95 Å². The molecular weight excluding hydrogens is 1750 g/mol. The summed E-state index contributed by atoms with van der Waals surface area (Å²) in [6.45, 7) is 10.9. The summed E-state index contributed by atoms with van der Waals surface area (Å²) in [5.74, 6) is 3.56. The van der Waals surface area contributed by atoms with Gasteiger partial charge in [0, 0.05) is 202 Å². The van der Waals surface area contributed by atoms with Gasteiger partial charge in [-0.05, 0) is 76.9 Å². The summed E-state index contributed by atoms with van der Waals surface area (Å²) in [6, 6.07) is 46.6. The van der Waals surface area contributed by atoms with E-state index in [9.17, 15) is 23.6 Å². The Kier molecular flexibility index (Phi) is 36.9. The minimum Gasteiger partial charge on any atom is -0.491 e. The van der Waals surface area contributed by atoms with Gasteiger partial charge in [-0.25, -0.2) is 64.8 Å². The highest BCUT2D eigenvalue weighted by Crippen LogP contribution is 2.35. The quantitative estimate of drug-likeness (QED) is 0.0216. The maximum atomic E-state index is 13.1. The van der Waals surface area contributed by atoms with Gasteiger partial charge in [-0.1, -0.05) is 100 Å². The number of pyridine rings is 7. The molecule has 680 valence electrons. The number of hydrogen-bond acceptors (Lipinski definition) is 29. The van der Waals surface area contributed by atoms with Crippen molar-refractivity contribution in [1.82, 2.24) is 106 Å². The van der Waals surface area contributed by atoms with E-state index in [4.69, 9.17) is 19.9 Å². The zero-order chi connectivity index (χ0) is 90.2. The predicted octanol–water partition coefficient (Wildman–Crippen LogP) is 14.2.